The molecule has 0 saturated carbocycles. The highest BCUT2D eigenvalue weighted by Crippen LogP contribution is 2.19. The van der Waals surface area contributed by atoms with Crippen LogP contribution in [0.15, 0.2) is 88.7 Å². The largest absolute Gasteiger partial charge is 0.467 e. The summed E-state index contributed by atoms with van der Waals surface area (Å²) in [7, 11) is 1.08. The second kappa shape index (κ2) is 9.97. The number of anilines is 2. The maximum Gasteiger partial charge on any atom is 0.324 e. The highest BCUT2D eigenvalue weighted by molar-refractivity contribution is 6.36. The van der Waals surface area contributed by atoms with E-state index in [0.29, 0.717) is 36.7 Å². The molecule has 0 aliphatic carbocycles. The van der Waals surface area contributed by atoms with Crippen molar-refractivity contribution in [3.8, 4) is 0 Å². The Labute approximate surface area is 185 Å². The number of hydrogen-bond donors (Lipinski definition) is 3. The lowest BCUT2D eigenvalue weighted by Gasteiger charge is -2.26. The number of nitrogens with zero attached hydrogens (tertiary/aromatic N) is 2. The van der Waals surface area contributed by atoms with Crippen LogP contribution in [-0.2, 0) is 6.54 Å². The van der Waals surface area contributed by atoms with Crippen molar-refractivity contribution >= 4 is 24.9 Å². The maximum atomic E-state index is 13.0. The van der Waals surface area contributed by atoms with Gasteiger partial charge in [0.05, 0.1) is 24.9 Å². The number of carbonyl (C=O) groups is 1. The summed E-state index contributed by atoms with van der Waals surface area (Å²) in [5, 5.41) is 15.1. The van der Waals surface area contributed by atoms with Gasteiger partial charge in [0.1, 0.15) is 17.4 Å². The van der Waals surface area contributed by atoms with Crippen LogP contribution in [0.2, 0.25) is 0 Å². The Kier molecular flexibility index (Phi) is 6.67. The molecule has 9 heteroatoms. The molecule has 0 fully saturated rings. The molecule has 3 N–H and O–H groups in total. The van der Waals surface area contributed by atoms with E-state index < -0.39 is 0 Å². The van der Waals surface area contributed by atoms with E-state index in [-0.39, 0.29) is 11.7 Å². The number of dihydropyridines is 1. The van der Waals surface area contributed by atoms with Crippen molar-refractivity contribution in [3.05, 3.63) is 101 Å². The van der Waals surface area contributed by atoms with Crippen molar-refractivity contribution in [1.29, 1.82) is 0 Å². The number of halogens is 1. The van der Waals surface area contributed by atoms with Gasteiger partial charge in [-0.15, -0.1) is 0 Å². The Balaban J connectivity index is 1.49. The van der Waals surface area contributed by atoms with E-state index in [1.807, 2.05) is 29.2 Å². The Morgan fingerprint density at radius 2 is 2.03 bits per heavy atom. The van der Waals surface area contributed by atoms with Gasteiger partial charge in [0.15, 0.2) is 0 Å². The number of pyridine rings is 1. The fourth-order valence-corrected chi connectivity index (χ4v) is 3.20. The molecule has 32 heavy (non-hydrogen) atoms. The highest BCUT2D eigenvalue weighted by Gasteiger charge is 2.16. The minimum atomic E-state index is -0.366. The Bertz CT molecular complexity index is 1110. The van der Waals surface area contributed by atoms with Gasteiger partial charge in [-0.1, -0.05) is 11.5 Å². The number of furan rings is 1. The number of hydrogen-bond acceptors (Lipinski definition) is 6. The molecule has 0 spiro atoms. The summed E-state index contributed by atoms with van der Waals surface area (Å²) >= 11 is 0. The minimum absolute atomic E-state index is 0.331. The molecule has 0 bridgehead atoms. The number of allylic oxidation sites excluding steroid dienone is 2. The molecule has 1 aliphatic rings. The maximum absolute atomic E-state index is 13.0. The summed E-state index contributed by atoms with van der Waals surface area (Å²) in [6.07, 6.45) is 6.89. The first kappa shape index (κ1) is 21.4. The Morgan fingerprint density at radius 3 is 2.66 bits per heavy atom. The van der Waals surface area contributed by atoms with Gasteiger partial charge in [-0.2, -0.15) is 0 Å². The van der Waals surface area contributed by atoms with Crippen LogP contribution in [0.3, 0.4) is 0 Å². The van der Waals surface area contributed by atoms with E-state index in [0.717, 1.165) is 24.4 Å². The van der Waals surface area contributed by atoms with Gasteiger partial charge >= 0.3 is 7.48 Å². The van der Waals surface area contributed by atoms with Crippen molar-refractivity contribution in [3.63, 3.8) is 0 Å². The average molecular weight is 431 g/mol. The molecule has 3 aromatic rings. The zero-order chi connectivity index (χ0) is 22.3. The van der Waals surface area contributed by atoms with E-state index in [4.69, 9.17) is 9.44 Å². The van der Waals surface area contributed by atoms with Crippen LogP contribution in [0.1, 0.15) is 16.1 Å². The summed E-state index contributed by atoms with van der Waals surface area (Å²) in [4.78, 5) is 19.0. The summed E-state index contributed by atoms with van der Waals surface area (Å²) in [5.41, 5.74) is 2.64. The molecule has 161 valence electrons. The molecule has 0 saturated heterocycles. The molecule has 2 aromatic heterocycles. The van der Waals surface area contributed by atoms with Gasteiger partial charge in [-0.25, -0.2) is 9.37 Å². The molecular weight excluding hydrogens is 410 g/mol. The van der Waals surface area contributed by atoms with E-state index in [9.17, 15) is 9.18 Å². The van der Waals surface area contributed by atoms with E-state index >= 15 is 0 Å². The fourth-order valence-electron chi connectivity index (χ4n) is 3.20. The van der Waals surface area contributed by atoms with E-state index in [2.05, 4.69) is 15.6 Å². The molecule has 3 heterocycles. The van der Waals surface area contributed by atoms with Gasteiger partial charge in [-0.3, -0.25) is 4.79 Å². The summed E-state index contributed by atoms with van der Waals surface area (Å²) in [6.45, 7) is 1.56. The number of aromatic nitrogens is 1. The molecule has 4 rings (SSSR count). The van der Waals surface area contributed by atoms with Gasteiger partial charge in [0.2, 0.25) is 0 Å². The fraction of sp³-hybridized carbons (Fsp3) is 0.130. The summed E-state index contributed by atoms with van der Waals surface area (Å²) in [6, 6.07) is 12.8. The monoisotopic (exact) mass is 431 g/mol. The lowest BCUT2D eigenvalue weighted by Crippen LogP contribution is -2.33. The van der Waals surface area contributed by atoms with Gasteiger partial charge in [-0.05, 0) is 54.6 Å². The first-order valence-corrected chi connectivity index (χ1v) is 10.0. The van der Waals surface area contributed by atoms with Crippen LogP contribution in [0.25, 0.3) is 0 Å². The first-order chi connectivity index (χ1) is 15.6. The summed E-state index contributed by atoms with van der Waals surface area (Å²) in [5.74, 6) is 0.754. The lowest BCUT2D eigenvalue weighted by atomic mass is 9.86. The van der Waals surface area contributed by atoms with Gasteiger partial charge in [0, 0.05) is 24.1 Å². The first-order valence-electron chi connectivity index (χ1n) is 10.0. The average Bonchev–Trinajstić information content (AvgIpc) is 3.34. The molecule has 1 aromatic carbocycles. The molecule has 1 aliphatic heterocycles. The second-order valence-corrected chi connectivity index (χ2v) is 7.22. The van der Waals surface area contributed by atoms with Crippen molar-refractivity contribution in [2.75, 3.05) is 23.3 Å². The normalized spacial score (nSPS) is 12.9. The SMILES string of the molecule is O=C(Nc1ccc(F)cc1)c1ccc(N(CC2=CC=C([B]O)CN2)Cc2ccco2)nc1. The number of rotatable bonds is 8. The van der Waals surface area contributed by atoms with Crippen LogP contribution in [0.5, 0.6) is 0 Å². The molecule has 7 nitrogen and oxygen atoms in total. The van der Waals surface area contributed by atoms with Gasteiger partial charge < -0.3 is 25.0 Å². The third-order valence-corrected chi connectivity index (χ3v) is 4.91. The van der Waals surface area contributed by atoms with Crippen LogP contribution in [-0.4, -0.2) is 36.5 Å². The topological polar surface area (TPSA) is 90.6 Å². The van der Waals surface area contributed by atoms with Crippen LogP contribution in [0.4, 0.5) is 15.9 Å². The molecule has 0 atom stereocenters. The number of amides is 1. The van der Waals surface area contributed by atoms with Crippen LogP contribution in [0, 0.1) is 5.82 Å². The molecule has 1 radical (unpaired) electrons. The van der Waals surface area contributed by atoms with Crippen molar-refractivity contribution in [1.82, 2.24) is 10.3 Å². The zero-order valence-corrected chi connectivity index (χ0v) is 17.2. The minimum Gasteiger partial charge on any atom is -0.467 e. The second-order valence-electron chi connectivity index (χ2n) is 7.22. The zero-order valence-electron chi connectivity index (χ0n) is 17.2. The Morgan fingerprint density at radius 1 is 1.19 bits per heavy atom. The van der Waals surface area contributed by atoms with Crippen molar-refractivity contribution in [2.45, 2.75) is 6.54 Å². The molecular formula is C23H21BFN4O3. The third-order valence-electron chi connectivity index (χ3n) is 4.91. The molecule has 0 unspecified atom stereocenters. The number of carbonyl (C=O) groups excluding carboxylic acids is 1. The van der Waals surface area contributed by atoms with Crippen LogP contribution < -0.4 is 15.5 Å². The lowest BCUT2D eigenvalue weighted by molar-refractivity contribution is 0.102. The van der Waals surface area contributed by atoms with Crippen LogP contribution >= 0.6 is 0 Å². The highest BCUT2D eigenvalue weighted by atomic mass is 19.1. The quantitative estimate of drug-likeness (QED) is 0.475. The van der Waals surface area contributed by atoms with Gasteiger partial charge in [0.25, 0.3) is 5.91 Å². The van der Waals surface area contributed by atoms with Crippen molar-refractivity contribution in [2.24, 2.45) is 0 Å². The number of nitrogens with one attached hydrogen (secondary N) is 2. The summed E-state index contributed by atoms with van der Waals surface area (Å²) < 4.78 is 18.5. The third kappa shape index (κ3) is 5.44. The Hall–Kier alpha value is -3.85. The van der Waals surface area contributed by atoms with Crippen molar-refractivity contribution < 1.29 is 18.6 Å². The smallest absolute Gasteiger partial charge is 0.324 e. The number of benzene rings is 1. The standard InChI is InChI=1S/C23H21BFN4O3/c25-18-5-8-19(9-6-18)28-23(30)16-3-10-22(27-12-16)29(15-21-2-1-11-32-21)14-20-7-4-17(24-31)13-26-20/h1-12,26,31H,13-15H2,(H,28,30). The molecule has 1 amide bonds. The predicted octanol–water partition coefficient (Wildman–Crippen LogP) is 3.06. The van der Waals surface area contributed by atoms with E-state index in [1.54, 1.807) is 18.4 Å². The van der Waals surface area contributed by atoms with E-state index in [1.165, 1.54) is 30.5 Å². The predicted molar refractivity (Wildman–Crippen MR) is 120 cm³/mol.